The van der Waals surface area contributed by atoms with Crippen molar-refractivity contribution in [3.63, 3.8) is 0 Å². The Morgan fingerprint density at radius 3 is 2.93 bits per heavy atom. The lowest BCUT2D eigenvalue weighted by atomic mass is 9.95. The van der Waals surface area contributed by atoms with Gasteiger partial charge in [0.2, 0.25) is 5.88 Å². The average molecular weight is 188 g/mol. The van der Waals surface area contributed by atoms with Gasteiger partial charge in [-0.05, 0) is 37.3 Å². The fraction of sp³-hybridized carbons (Fsp3) is 0.455. The van der Waals surface area contributed by atoms with Gasteiger partial charge in [-0.25, -0.2) is 4.98 Å². The average Bonchev–Trinajstić information content (AvgIpc) is 2.27. The second-order valence-corrected chi connectivity index (χ2v) is 3.47. The maximum absolute atomic E-state index is 8.88. The molecule has 0 saturated heterocycles. The highest BCUT2D eigenvalue weighted by molar-refractivity contribution is 5.43. The van der Waals surface area contributed by atoms with E-state index in [1.165, 1.54) is 18.4 Å². The normalized spacial score (nSPS) is 14.3. The van der Waals surface area contributed by atoms with Crippen molar-refractivity contribution in [3.05, 3.63) is 22.9 Å². The van der Waals surface area contributed by atoms with E-state index in [1.807, 2.05) is 6.07 Å². The molecule has 0 aliphatic heterocycles. The predicted molar refractivity (Wildman–Crippen MR) is 52.1 cm³/mol. The molecule has 72 valence electrons. The maximum atomic E-state index is 8.88. The highest BCUT2D eigenvalue weighted by atomic mass is 16.5. The smallest absolute Gasteiger partial charge is 0.231 e. The van der Waals surface area contributed by atoms with Crippen LogP contribution in [0.4, 0.5) is 0 Å². The van der Waals surface area contributed by atoms with Gasteiger partial charge in [0.05, 0.1) is 7.11 Å². The lowest BCUT2D eigenvalue weighted by Crippen LogP contribution is -2.07. The molecule has 0 spiro atoms. The fourth-order valence-corrected chi connectivity index (χ4v) is 1.85. The van der Waals surface area contributed by atoms with Gasteiger partial charge in [-0.1, -0.05) is 0 Å². The van der Waals surface area contributed by atoms with E-state index in [-0.39, 0.29) is 0 Å². The molecule has 0 N–H and O–H groups in total. The number of aromatic nitrogens is 1. The fourth-order valence-electron chi connectivity index (χ4n) is 1.85. The van der Waals surface area contributed by atoms with Gasteiger partial charge in [0.25, 0.3) is 0 Å². The summed E-state index contributed by atoms with van der Waals surface area (Å²) in [6, 6.07) is 4.03. The number of rotatable bonds is 1. The van der Waals surface area contributed by atoms with Crippen molar-refractivity contribution >= 4 is 0 Å². The van der Waals surface area contributed by atoms with E-state index < -0.39 is 0 Å². The number of nitriles is 1. The van der Waals surface area contributed by atoms with Crippen LogP contribution in [-0.2, 0) is 12.8 Å². The Labute approximate surface area is 83.3 Å². The minimum Gasteiger partial charge on any atom is -0.480 e. The highest BCUT2D eigenvalue weighted by Gasteiger charge is 2.14. The molecule has 0 fully saturated rings. The molecule has 0 saturated carbocycles. The molecule has 0 unspecified atom stereocenters. The Morgan fingerprint density at radius 2 is 2.21 bits per heavy atom. The monoisotopic (exact) mass is 188 g/mol. The summed E-state index contributed by atoms with van der Waals surface area (Å²) in [6.07, 6.45) is 4.44. The minimum atomic E-state index is 0.466. The summed E-state index contributed by atoms with van der Waals surface area (Å²) in [7, 11) is 1.55. The van der Waals surface area contributed by atoms with Crippen LogP contribution in [0.15, 0.2) is 6.07 Å². The zero-order chi connectivity index (χ0) is 9.97. The Balaban J connectivity index is 2.50. The van der Waals surface area contributed by atoms with Gasteiger partial charge >= 0.3 is 0 Å². The van der Waals surface area contributed by atoms with Crippen LogP contribution < -0.4 is 4.74 Å². The molecule has 0 bridgehead atoms. The summed E-state index contributed by atoms with van der Waals surface area (Å²) in [5, 5.41) is 8.88. The number of pyridine rings is 1. The van der Waals surface area contributed by atoms with Crippen molar-refractivity contribution < 1.29 is 4.74 Å². The van der Waals surface area contributed by atoms with Gasteiger partial charge in [-0.15, -0.1) is 0 Å². The number of aryl methyl sites for hydroxylation is 2. The van der Waals surface area contributed by atoms with E-state index in [9.17, 15) is 0 Å². The number of hydrogen-bond donors (Lipinski definition) is 0. The van der Waals surface area contributed by atoms with Crippen LogP contribution in [0.2, 0.25) is 0 Å². The Bertz CT molecular complexity index is 393. The molecule has 1 aromatic rings. The van der Waals surface area contributed by atoms with Gasteiger partial charge in [-0.2, -0.15) is 5.26 Å². The van der Waals surface area contributed by atoms with Crippen molar-refractivity contribution in [2.45, 2.75) is 25.7 Å². The zero-order valence-electron chi connectivity index (χ0n) is 8.21. The van der Waals surface area contributed by atoms with Crippen molar-refractivity contribution in [2.24, 2.45) is 0 Å². The van der Waals surface area contributed by atoms with Gasteiger partial charge in [0, 0.05) is 5.69 Å². The summed E-state index contributed by atoms with van der Waals surface area (Å²) in [6.45, 7) is 0. The number of fused-ring (bicyclic) bond motifs is 1. The predicted octanol–water partition coefficient (Wildman–Crippen LogP) is 1.84. The topological polar surface area (TPSA) is 45.9 Å². The van der Waals surface area contributed by atoms with E-state index in [2.05, 4.69) is 11.1 Å². The molecule has 1 aliphatic rings. The van der Waals surface area contributed by atoms with E-state index in [1.54, 1.807) is 7.11 Å². The van der Waals surface area contributed by atoms with Crippen molar-refractivity contribution in [3.8, 4) is 11.9 Å². The lowest BCUT2D eigenvalue weighted by molar-refractivity contribution is 0.393. The largest absolute Gasteiger partial charge is 0.480 e. The van der Waals surface area contributed by atoms with Crippen LogP contribution in [0.1, 0.15) is 29.7 Å². The first-order valence-corrected chi connectivity index (χ1v) is 4.82. The third-order valence-corrected chi connectivity index (χ3v) is 2.58. The molecule has 3 nitrogen and oxygen atoms in total. The SMILES string of the molecule is COc1nc2c(cc1C#N)CCCC2. The molecule has 3 heteroatoms. The Kier molecular flexibility index (Phi) is 2.36. The summed E-state index contributed by atoms with van der Waals surface area (Å²) < 4.78 is 5.07. The highest BCUT2D eigenvalue weighted by Crippen LogP contribution is 2.25. The number of nitrogens with zero attached hydrogens (tertiary/aromatic N) is 2. The van der Waals surface area contributed by atoms with Crippen molar-refractivity contribution in [1.29, 1.82) is 5.26 Å². The number of methoxy groups -OCH3 is 1. The quantitative estimate of drug-likeness (QED) is 0.675. The van der Waals surface area contributed by atoms with Gasteiger partial charge in [0.1, 0.15) is 11.6 Å². The zero-order valence-corrected chi connectivity index (χ0v) is 8.21. The Hall–Kier alpha value is -1.56. The van der Waals surface area contributed by atoms with E-state index in [0.717, 1.165) is 18.5 Å². The molecule has 1 aliphatic carbocycles. The molecule has 1 aromatic heterocycles. The summed E-state index contributed by atoms with van der Waals surface area (Å²) in [5.74, 6) is 0.466. The summed E-state index contributed by atoms with van der Waals surface area (Å²) in [5.41, 5.74) is 2.87. The van der Waals surface area contributed by atoms with Crippen LogP contribution in [-0.4, -0.2) is 12.1 Å². The van der Waals surface area contributed by atoms with Crippen LogP contribution in [0, 0.1) is 11.3 Å². The van der Waals surface area contributed by atoms with Crippen LogP contribution in [0.25, 0.3) is 0 Å². The maximum Gasteiger partial charge on any atom is 0.231 e. The standard InChI is InChI=1S/C11H12N2O/c1-14-11-9(7-12)6-8-4-2-3-5-10(8)13-11/h6H,2-5H2,1H3. The van der Waals surface area contributed by atoms with Crippen LogP contribution in [0.3, 0.4) is 0 Å². The van der Waals surface area contributed by atoms with Crippen molar-refractivity contribution in [1.82, 2.24) is 4.98 Å². The molecule has 14 heavy (non-hydrogen) atoms. The van der Waals surface area contributed by atoms with Gasteiger partial charge in [-0.3, -0.25) is 0 Å². The lowest BCUT2D eigenvalue weighted by Gasteiger charge is -2.15. The van der Waals surface area contributed by atoms with Gasteiger partial charge < -0.3 is 4.74 Å². The molecular weight excluding hydrogens is 176 g/mol. The molecule has 0 amide bonds. The van der Waals surface area contributed by atoms with Gasteiger partial charge in [0.15, 0.2) is 0 Å². The third-order valence-electron chi connectivity index (χ3n) is 2.58. The number of hydrogen-bond acceptors (Lipinski definition) is 3. The molecule has 1 heterocycles. The molecule has 0 aromatic carbocycles. The molecular formula is C11H12N2O. The molecule has 2 rings (SSSR count). The minimum absolute atomic E-state index is 0.466. The molecule has 0 atom stereocenters. The van der Waals surface area contributed by atoms with Crippen molar-refractivity contribution in [2.75, 3.05) is 7.11 Å². The number of ether oxygens (including phenoxy) is 1. The van der Waals surface area contributed by atoms with E-state index in [4.69, 9.17) is 10.00 Å². The van der Waals surface area contributed by atoms with Crippen LogP contribution in [0.5, 0.6) is 5.88 Å². The Morgan fingerprint density at radius 1 is 1.43 bits per heavy atom. The van der Waals surface area contributed by atoms with E-state index in [0.29, 0.717) is 11.4 Å². The summed E-state index contributed by atoms with van der Waals surface area (Å²) in [4.78, 5) is 4.36. The summed E-state index contributed by atoms with van der Waals surface area (Å²) >= 11 is 0. The first kappa shape index (κ1) is 9.01. The second kappa shape index (κ2) is 3.67. The van der Waals surface area contributed by atoms with E-state index >= 15 is 0 Å². The first-order chi connectivity index (χ1) is 6.85. The first-order valence-electron chi connectivity index (χ1n) is 4.82. The molecule has 0 radical (unpaired) electrons. The van der Waals surface area contributed by atoms with Crippen LogP contribution >= 0.6 is 0 Å². The third kappa shape index (κ3) is 1.44. The second-order valence-electron chi connectivity index (χ2n) is 3.47.